The molecule has 1 aromatic carbocycles. The molecule has 0 N–H and O–H groups in total. The number of fused-ring (bicyclic) bond motifs is 1. The van der Waals surface area contributed by atoms with E-state index < -0.39 is 5.97 Å². The number of esters is 1. The lowest BCUT2D eigenvalue weighted by atomic mass is 10.1. The number of pyridine rings is 1. The Morgan fingerprint density at radius 2 is 1.96 bits per heavy atom. The Bertz CT molecular complexity index is 856. The minimum absolute atomic E-state index is 0.413. The van der Waals surface area contributed by atoms with Crippen molar-refractivity contribution in [3.63, 3.8) is 0 Å². The second kappa shape index (κ2) is 6.80. The van der Waals surface area contributed by atoms with Crippen molar-refractivity contribution < 1.29 is 9.53 Å². The van der Waals surface area contributed by atoms with Crippen LogP contribution in [0.2, 0.25) is 0 Å². The van der Waals surface area contributed by atoms with Crippen LogP contribution in [0.3, 0.4) is 0 Å². The third-order valence-corrected chi connectivity index (χ3v) is 3.77. The molecule has 0 aliphatic heterocycles. The molecule has 0 unspecified atom stereocenters. The number of carbonyl (C=O) groups is 1. The number of hydrogen-bond donors (Lipinski definition) is 0. The van der Waals surface area contributed by atoms with E-state index in [2.05, 4.69) is 15.0 Å². The standard InChI is InChI=1S/C18H20N4O2/c1-21(2)10-9-16-19-17-15(18(23)24-3)11-14(12-22(17)20-16)13-7-5-4-6-8-13/h4-8,11-12H,9-10H2,1-3H3. The quantitative estimate of drug-likeness (QED) is 0.674. The summed E-state index contributed by atoms with van der Waals surface area (Å²) in [5.74, 6) is 0.295. The van der Waals surface area contributed by atoms with Gasteiger partial charge in [0.05, 0.1) is 7.11 Å². The van der Waals surface area contributed by atoms with Gasteiger partial charge in [-0.1, -0.05) is 30.3 Å². The Balaban J connectivity index is 2.10. The summed E-state index contributed by atoms with van der Waals surface area (Å²) >= 11 is 0. The van der Waals surface area contributed by atoms with Crippen LogP contribution in [-0.2, 0) is 11.2 Å². The molecule has 0 fully saturated rings. The van der Waals surface area contributed by atoms with Gasteiger partial charge in [-0.05, 0) is 25.7 Å². The van der Waals surface area contributed by atoms with Crippen molar-refractivity contribution in [3.8, 4) is 11.1 Å². The molecule has 0 atom stereocenters. The van der Waals surface area contributed by atoms with Crippen molar-refractivity contribution in [3.05, 3.63) is 54.0 Å². The first-order chi connectivity index (χ1) is 11.6. The van der Waals surface area contributed by atoms with Crippen LogP contribution >= 0.6 is 0 Å². The van der Waals surface area contributed by atoms with Gasteiger partial charge < -0.3 is 9.64 Å². The van der Waals surface area contributed by atoms with Crippen molar-refractivity contribution in [2.75, 3.05) is 27.7 Å². The molecule has 0 aliphatic carbocycles. The molecule has 0 aliphatic rings. The average Bonchev–Trinajstić information content (AvgIpc) is 3.02. The van der Waals surface area contributed by atoms with E-state index in [0.717, 1.165) is 24.1 Å². The van der Waals surface area contributed by atoms with Crippen LogP contribution in [0.4, 0.5) is 0 Å². The van der Waals surface area contributed by atoms with Gasteiger partial charge in [-0.3, -0.25) is 0 Å². The summed E-state index contributed by atoms with van der Waals surface area (Å²) in [5, 5.41) is 4.52. The second-order valence-corrected chi connectivity index (χ2v) is 5.85. The Morgan fingerprint density at radius 1 is 1.21 bits per heavy atom. The highest BCUT2D eigenvalue weighted by Gasteiger charge is 2.17. The Labute approximate surface area is 140 Å². The van der Waals surface area contributed by atoms with Crippen molar-refractivity contribution in [1.29, 1.82) is 0 Å². The topological polar surface area (TPSA) is 59.7 Å². The molecule has 6 heteroatoms. The van der Waals surface area contributed by atoms with Crippen LogP contribution in [-0.4, -0.2) is 53.2 Å². The highest BCUT2D eigenvalue weighted by atomic mass is 16.5. The summed E-state index contributed by atoms with van der Waals surface area (Å²) in [4.78, 5) is 18.8. The van der Waals surface area contributed by atoms with E-state index in [9.17, 15) is 4.79 Å². The predicted molar refractivity (Wildman–Crippen MR) is 92.0 cm³/mol. The lowest BCUT2D eigenvalue weighted by Crippen LogP contribution is -2.15. The number of hydrogen-bond acceptors (Lipinski definition) is 5. The summed E-state index contributed by atoms with van der Waals surface area (Å²) in [7, 11) is 5.38. The fourth-order valence-electron chi connectivity index (χ4n) is 2.51. The number of benzene rings is 1. The van der Waals surface area contributed by atoms with E-state index in [-0.39, 0.29) is 0 Å². The molecule has 0 amide bonds. The summed E-state index contributed by atoms with van der Waals surface area (Å²) in [6.07, 6.45) is 2.61. The van der Waals surface area contributed by atoms with E-state index in [4.69, 9.17) is 4.74 Å². The lowest BCUT2D eigenvalue weighted by molar-refractivity contribution is 0.0602. The van der Waals surface area contributed by atoms with Crippen LogP contribution in [0.1, 0.15) is 16.2 Å². The van der Waals surface area contributed by atoms with Gasteiger partial charge in [0.2, 0.25) is 0 Å². The molecular formula is C18H20N4O2. The summed E-state index contributed by atoms with van der Waals surface area (Å²) < 4.78 is 6.58. The third kappa shape index (κ3) is 3.28. The SMILES string of the molecule is COC(=O)c1cc(-c2ccccc2)cn2nc(CCN(C)C)nc12. The molecule has 6 nitrogen and oxygen atoms in total. The van der Waals surface area contributed by atoms with E-state index in [1.54, 1.807) is 10.6 Å². The predicted octanol–water partition coefficient (Wildman–Crippen LogP) is 2.29. The number of carbonyl (C=O) groups excluding carboxylic acids is 1. The largest absolute Gasteiger partial charge is 0.465 e. The highest BCUT2D eigenvalue weighted by Crippen LogP contribution is 2.23. The highest BCUT2D eigenvalue weighted by molar-refractivity contribution is 5.97. The monoisotopic (exact) mass is 324 g/mol. The molecule has 0 saturated carbocycles. The number of aromatic nitrogens is 3. The second-order valence-electron chi connectivity index (χ2n) is 5.85. The van der Waals surface area contributed by atoms with E-state index in [0.29, 0.717) is 17.0 Å². The molecule has 3 rings (SSSR count). The minimum Gasteiger partial charge on any atom is -0.465 e. The van der Waals surface area contributed by atoms with Gasteiger partial charge in [-0.15, -0.1) is 0 Å². The number of methoxy groups -OCH3 is 1. The fourth-order valence-corrected chi connectivity index (χ4v) is 2.51. The molecule has 24 heavy (non-hydrogen) atoms. The molecule has 2 heterocycles. The van der Waals surface area contributed by atoms with Crippen molar-refractivity contribution in [2.24, 2.45) is 0 Å². The lowest BCUT2D eigenvalue weighted by Gasteiger charge is -2.06. The Hall–Kier alpha value is -2.73. The molecule has 2 aromatic heterocycles. The first-order valence-corrected chi connectivity index (χ1v) is 7.76. The van der Waals surface area contributed by atoms with E-state index in [1.807, 2.05) is 50.6 Å². The zero-order chi connectivity index (χ0) is 17.1. The van der Waals surface area contributed by atoms with E-state index >= 15 is 0 Å². The first kappa shape index (κ1) is 16.1. The summed E-state index contributed by atoms with van der Waals surface area (Å²) in [6.45, 7) is 0.843. The van der Waals surface area contributed by atoms with Gasteiger partial charge in [0.1, 0.15) is 5.56 Å². The number of ether oxygens (including phenoxy) is 1. The maximum atomic E-state index is 12.2. The number of nitrogens with zero attached hydrogens (tertiary/aromatic N) is 4. The zero-order valence-corrected chi connectivity index (χ0v) is 14.1. The van der Waals surface area contributed by atoms with Crippen LogP contribution in [0.25, 0.3) is 16.8 Å². The van der Waals surface area contributed by atoms with Crippen molar-refractivity contribution in [2.45, 2.75) is 6.42 Å². The molecule has 3 aromatic rings. The van der Waals surface area contributed by atoms with Crippen LogP contribution < -0.4 is 0 Å². The smallest absolute Gasteiger partial charge is 0.341 e. The maximum Gasteiger partial charge on any atom is 0.341 e. The van der Waals surface area contributed by atoms with Gasteiger partial charge in [0.25, 0.3) is 0 Å². The minimum atomic E-state index is -0.413. The Kier molecular flexibility index (Phi) is 4.57. The van der Waals surface area contributed by atoms with Gasteiger partial charge >= 0.3 is 5.97 Å². The molecule has 0 bridgehead atoms. The van der Waals surface area contributed by atoms with Crippen LogP contribution in [0, 0.1) is 0 Å². The number of likely N-dealkylation sites (N-methyl/N-ethyl adjacent to an activating group) is 1. The van der Waals surface area contributed by atoms with Crippen molar-refractivity contribution >= 4 is 11.6 Å². The van der Waals surface area contributed by atoms with Gasteiger partial charge in [-0.25, -0.2) is 14.3 Å². The Morgan fingerprint density at radius 3 is 2.62 bits per heavy atom. The van der Waals surface area contributed by atoms with E-state index in [1.165, 1.54) is 7.11 Å². The molecule has 0 saturated heterocycles. The molecule has 0 radical (unpaired) electrons. The normalized spacial score (nSPS) is 11.2. The number of rotatable bonds is 5. The fraction of sp³-hybridized carbons (Fsp3) is 0.278. The summed E-state index contributed by atoms with van der Waals surface area (Å²) in [5.41, 5.74) is 2.85. The van der Waals surface area contributed by atoms with Crippen LogP contribution in [0.5, 0.6) is 0 Å². The summed E-state index contributed by atoms with van der Waals surface area (Å²) in [6, 6.07) is 11.7. The van der Waals surface area contributed by atoms with Crippen molar-refractivity contribution in [1.82, 2.24) is 19.5 Å². The van der Waals surface area contributed by atoms with Gasteiger partial charge in [0.15, 0.2) is 11.5 Å². The zero-order valence-electron chi connectivity index (χ0n) is 14.1. The molecule has 0 spiro atoms. The third-order valence-electron chi connectivity index (χ3n) is 3.77. The molecule has 124 valence electrons. The molecular weight excluding hydrogens is 304 g/mol. The van der Waals surface area contributed by atoms with Gasteiger partial charge in [-0.2, -0.15) is 5.10 Å². The first-order valence-electron chi connectivity index (χ1n) is 7.76. The van der Waals surface area contributed by atoms with Crippen LogP contribution in [0.15, 0.2) is 42.6 Å². The average molecular weight is 324 g/mol. The maximum absolute atomic E-state index is 12.2. The van der Waals surface area contributed by atoms with Gasteiger partial charge in [0, 0.05) is 24.7 Å².